The molecule has 3 N–H and O–H groups in total. The van der Waals surface area contributed by atoms with Crippen LogP contribution >= 0.6 is 15.6 Å². The predicted octanol–water partition coefficient (Wildman–Crippen LogP) is 17.8. The van der Waals surface area contributed by atoms with Crippen LogP contribution in [0.2, 0.25) is 0 Å². The Labute approximate surface area is 511 Å². The van der Waals surface area contributed by atoms with Gasteiger partial charge in [0.25, 0.3) is 0 Å². The Kier molecular flexibility index (Phi) is 53.9. The highest BCUT2D eigenvalue weighted by atomic mass is 31.2. The Morgan fingerprint density at radius 3 is 0.845 bits per heavy atom. The van der Waals surface area contributed by atoms with Gasteiger partial charge in [-0.3, -0.25) is 37.3 Å². The molecule has 0 fully saturated rings. The van der Waals surface area contributed by atoms with Gasteiger partial charge in [0.15, 0.2) is 12.2 Å². The van der Waals surface area contributed by atoms with Crippen LogP contribution in [0.4, 0.5) is 0 Å². The minimum absolute atomic E-state index is 0.101. The molecule has 0 aromatic carbocycles. The lowest BCUT2D eigenvalue weighted by molar-refractivity contribution is -0.161. The minimum Gasteiger partial charge on any atom is -0.462 e. The van der Waals surface area contributed by atoms with Crippen molar-refractivity contribution in [3.8, 4) is 0 Å². The molecule has 19 heteroatoms. The molecule has 0 radical (unpaired) electrons. The third kappa shape index (κ3) is 55.4. The van der Waals surface area contributed by atoms with Crippen LogP contribution in [0.5, 0.6) is 0 Å². The van der Waals surface area contributed by atoms with E-state index >= 15 is 0 Å². The molecule has 0 bridgehead atoms. The van der Waals surface area contributed by atoms with Crippen molar-refractivity contribution in [2.24, 2.45) is 23.7 Å². The normalized spacial score (nSPS) is 15.4. The Morgan fingerprint density at radius 1 is 0.333 bits per heavy atom. The summed E-state index contributed by atoms with van der Waals surface area (Å²) in [5.41, 5.74) is 0. The molecule has 0 heterocycles. The highest BCUT2D eigenvalue weighted by Crippen LogP contribution is 2.45. The standard InChI is InChI=1S/C65H126O17P2/c1-9-56(6)42-34-26-18-14-12-13-15-19-29-37-45-62(67)75-51-60(81-64(69)47-39-31-23-21-27-35-43-57(7)10-2)53-79-83(71,72)77-49-59(66)50-78-84(73,74)80-54-61(82-65(70)48-40-32-24-22-28-36-44-58(8)11-3)52-76-63(68)46-38-30-20-16-17-25-33-41-55(4)5/h55-61,66H,9-54H2,1-8H3,(H,71,72)(H,73,74)/t56?,57?,58?,59?,60-,61-/m1/s1. The van der Waals surface area contributed by atoms with Gasteiger partial charge in [-0.25, -0.2) is 9.13 Å². The lowest BCUT2D eigenvalue weighted by Gasteiger charge is -2.21. The molecule has 0 saturated heterocycles. The van der Waals surface area contributed by atoms with Crippen molar-refractivity contribution in [2.75, 3.05) is 39.6 Å². The van der Waals surface area contributed by atoms with E-state index in [0.717, 1.165) is 114 Å². The molecular formula is C65H126O17P2. The second-order valence-electron chi connectivity index (χ2n) is 24.7. The molecule has 8 atom stereocenters. The van der Waals surface area contributed by atoms with Crippen LogP contribution in [0, 0.1) is 23.7 Å². The summed E-state index contributed by atoms with van der Waals surface area (Å²) in [6.07, 6.45) is 34.9. The highest BCUT2D eigenvalue weighted by molar-refractivity contribution is 7.47. The smallest absolute Gasteiger partial charge is 0.462 e. The van der Waals surface area contributed by atoms with Gasteiger partial charge >= 0.3 is 39.5 Å². The molecule has 498 valence electrons. The molecule has 6 unspecified atom stereocenters. The predicted molar refractivity (Wildman–Crippen MR) is 335 cm³/mol. The molecule has 0 aliphatic heterocycles. The van der Waals surface area contributed by atoms with E-state index in [1.165, 1.54) is 109 Å². The average molecular weight is 1240 g/mol. The second-order valence-corrected chi connectivity index (χ2v) is 27.6. The van der Waals surface area contributed by atoms with Gasteiger partial charge in [0.1, 0.15) is 19.3 Å². The van der Waals surface area contributed by atoms with Crippen molar-refractivity contribution in [3.63, 3.8) is 0 Å². The molecule has 0 aromatic rings. The van der Waals surface area contributed by atoms with Gasteiger partial charge in [-0.1, -0.05) is 261 Å². The van der Waals surface area contributed by atoms with E-state index in [9.17, 15) is 43.2 Å². The number of phosphoric acid groups is 2. The van der Waals surface area contributed by atoms with E-state index < -0.39 is 97.5 Å². The molecule has 0 aliphatic carbocycles. The maximum Gasteiger partial charge on any atom is 0.472 e. The summed E-state index contributed by atoms with van der Waals surface area (Å²) < 4.78 is 68.0. The number of unbranched alkanes of at least 4 members (excludes halogenated alkanes) is 25. The lowest BCUT2D eigenvalue weighted by Crippen LogP contribution is -2.30. The number of ether oxygens (including phenoxy) is 4. The number of carbonyl (C=O) groups excluding carboxylic acids is 4. The fourth-order valence-electron chi connectivity index (χ4n) is 9.51. The zero-order chi connectivity index (χ0) is 62.5. The first kappa shape index (κ1) is 82.1. The molecule has 17 nitrogen and oxygen atoms in total. The van der Waals surface area contributed by atoms with E-state index in [0.29, 0.717) is 31.6 Å². The summed E-state index contributed by atoms with van der Waals surface area (Å²) in [6.45, 7) is 14.0. The van der Waals surface area contributed by atoms with Crippen molar-refractivity contribution in [1.82, 2.24) is 0 Å². The van der Waals surface area contributed by atoms with Crippen LogP contribution in [-0.4, -0.2) is 96.7 Å². The molecule has 0 amide bonds. The number of hydrogen-bond donors (Lipinski definition) is 3. The maximum absolute atomic E-state index is 13.0. The number of carbonyl (C=O) groups is 4. The van der Waals surface area contributed by atoms with E-state index in [4.69, 9.17) is 37.0 Å². The summed E-state index contributed by atoms with van der Waals surface area (Å²) in [7, 11) is -9.89. The first-order chi connectivity index (χ1) is 40.2. The molecule has 0 spiro atoms. The Hall–Kier alpha value is -1.94. The van der Waals surface area contributed by atoms with Gasteiger partial charge in [-0.05, 0) is 49.4 Å². The molecule has 84 heavy (non-hydrogen) atoms. The summed E-state index contributed by atoms with van der Waals surface area (Å²) in [5.74, 6) is 0.812. The van der Waals surface area contributed by atoms with Crippen LogP contribution in [-0.2, 0) is 65.4 Å². The number of aliphatic hydroxyl groups is 1. The van der Waals surface area contributed by atoms with Gasteiger partial charge in [0, 0.05) is 25.7 Å². The van der Waals surface area contributed by atoms with Crippen molar-refractivity contribution in [2.45, 2.75) is 331 Å². The molecular weight excluding hydrogens is 1110 g/mol. The van der Waals surface area contributed by atoms with Gasteiger partial charge in [0.2, 0.25) is 0 Å². The highest BCUT2D eigenvalue weighted by Gasteiger charge is 2.30. The lowest BCUT2D eigenvalue weighted by atomic mass is 9.99. The summed E-state index contributed by atoms with van der Waals surface area (Å²) in [6, 6.07) is 0. The Bertz CT molecular complexity index is 1680. The largest absolute Gasteiger partial charge is 0.472 e. The number of esters is 4. The van der Waals surface area contributed by atoms with Crippen molar-refractivity contribution in [3.05, 3.63) is 0 Å². The third-order valence-corrected chi connectivity index (χ3v) is 17.8. The van der Waals surface area contributed by atoms with Gasteiger partial charge in [0.05, 0.1) is 26.4 Å². The van der Waals surface area contributed by atoms with E-state index in [-0.39, 0.29) is 25.7 Å². The van der Waals surface area contributed by atoms with Crippen LogP contribution in [0.3, 0.4) is 0 Å². The van der Waals surface area contributed by atoms with Crippen molar-refractivity contribution < 1.29 is 80.2 Å². The third-order valence-electron chi connectivity index (χ3n) is 15.9. The van der Waals surface area contributed by atoms with Crippen molar-refractivity contribution >= 4 is 39.5 Å². The molecule has 0 aromatic heterocycles. The van der Waals surface area contributed by atoms with Gasteiger partial charge in [-0.15, -0.1) is 0 Å². The SMILES string of the molecule is CCC(C)CCCCCCCCCCCCC(=O)OC[C@H](COP(=O)(O)OCC(O)COP(=O)(O)OC[C@@H](COC(=O)CCCCCCCCCC(C)C)OC(=O)CCCCCCCCC(C)CC)OC(=O)CCCCCCCCC(C)CC. The Balaban J connectivity index is 5.25. The molecule has 0 rings (SSSR count). The van der Waals surface area contributed by atoms with E-state index in [1.807, 2.05) is 0 Å². The zero-order valence-electron chi connectivity index (χ0n) is 54.5. The summed E-state index contributed by atoms with van der Waals surface area (Å²) in [5, 5.41) is 10.5. The quantitative estimate of drug-likeness (QED) is 0.0222. The molecule has 0 aliphatic rings. The zero-order valence-corrected chi connectivity index (χ0v) is 56.3. The first-order valence-electron chi connectivity index (χ1n) is 33.8. The fourth-order valence-corrected chi connectivity index (χ4v) is 11.1. The number of hydrogen-bond acceptors (Lipinski definition) is 15. The monoisotopic (exact) mass is 1240 g/mol. The van der Waals surface area contributed by atoms with Crippen LogP contribution in [0.1, 0.15) is 312 Å². The summed E-state index contributed by atoms with van der Waals surface area (Å²) in [4.78, 5) is 72.2. The summed E-state index contributed by atoms with van der Waals surface area (Å²) >= 11 is 0. The number of aliphatic hydroxyl groups excluding tert-OH is 1. The van der Waals surface area contributed by atoms with Crippen LogP contribution < -0.4 is 0 Å². The van der Waals surface area contributed by atoms with Crippen molar-refractivity contribution in [1.29, 1.82) is 0 Å². The van der Waals surface area contributed by atoms with Crippen LogP contribution in [0.15, 0.2) is 0 Å². The minimum atomic E-state index is -4.95. The number of rotatable bonds is 62. The maximum atomic E-state index is 13.0. The van der Waals surface area contributed by atoms with Gasteiger partial charge in [-0.2, -0.15) is 0 Å². The fraction of sp³-hybridized carbons (Fsp3) is 0.938. The molecule has 0 saturated carbocycles. The average Bonchev–Trinajstić information content (AvgIpc) is 3.51. The topological polar surface area (TPSA) is 237 Å². The van der Waals surface area contributed by atoms with Crippen LogP contribution in [0.25, 0.3) is 0 Å². The van der Waals surface area contributed by atoms with E-state index in [1.54, 1.807) is 0 Å². The van der Waals surface area contributed by atoms with Gasteiger partial charge < -0.3 is 33.8 Å². The van der Waals surface area contributed by atoms with E-state index in [2.05, 4.69) is 55.4 Å². The Morgan fingerprint density at radius 2 is 0.571 bits per heavy atom. The first-order valence-corrected chi connectivity index (χ1v) is 36.8. The second kappa shape index (κ2) is 55.2. The number of phosphoric ester groups is 2.